The van der Waals surface area contributed by atoms with Gasteiger partial charge in [-0.1, -0.05) is 30.9 Å². The minimum atomic E-state index is 1.04. The van der Waals surface area contributed by atoms with Crippen LogP contribution in [-0.2, 0) is 0 Å². The van der Waals surface area contributed by atoms with E-state index in [9.17, 15) is 0 Å². The molecule has 96 valence electrons. The summed E-state index contributed by atoms with van der Waals surface area (Å²) in [5.41, 5.74) is 3.88. The lowest BCUT2D eigenvalue weighted by Gasteiger charge is -2.30. The minimum absolute atomic E-state index is 1.04. The van der Waals surface area contributed by atoms with E-state index in [-0.39, 0.29) is 0 Å². The van der Waals surface area contributed by atoms with E-state index in [1.54, 1.807) is 25.7 Å². The first kappa shape index (κ1) is 11.8. The first-order chi connectivity index (χ1) is 8.38. The lowest BCUT2D eigenvalue weighted by atomic mass is 9.75. The van der Waals surface area contributed by atoms with Crippen LogP contribution in [0.15, 0.2) is 11.1 Å². The van der Waals surface area contributed by atoms with Gasteiger partial charge < -0.3 is 0 Å². The van der Waals surface area contributed by atoms with Crippen LogP contribution in [0.2, 0.25) is 0 Å². The number of hydrogen-bond acceptors (Lipinski definition) is 0. The Hall–Kier alpha value is -0.260. The van der Waals surface area contributed by atoms with Crippen LogP contribution in [0.5, 0.6) is 0 Å². The summed E-state index contributed by atoms with van der Waals surface area (Å²) in [6.45, 7) is 2.33. The van der Waals surface area contributed by atoms with E-state index in [0.29, 0.717) is 0 Å². The Kier molecular flexibility index (Phi) is 3.59. The molecule has 2 fully saturated rings. The lowest BCUT2D eigenvalue weighted by molar-refractivity contribution is 0.358. The molecule has 0 heterocycles. The van der Waals surface area contributed by atoms with Gasteiger partial charge in [0, 0.05) is 0 Å². The molecule has 0 nitrogen and oxygen atoms in total. The summed E-state index contributed by atoms with van der Waals surface area (Å²) in [5, 5.41) is 0. The van der Waals surface area contributed by atoms with Crippen molar-refractivity contribution in [1.29, 1.82) is 0 Å². The van der Waals surface area contributed by atoms with Gasteiger partial charge in [-0.25, -0.2) is 0 Å². The predicted octanol–water partition coefficient (Wildman–Crippen LogP) is 5.48. The first-order valence-corrected chi connectivity index (χ1v) is 8.09. The molecule has 0 aromatic rings. The van der Waals surface area contributed by atoms with Gasteiger partial charge in [0.1, 0.15) is 0 Å². The molecule has 3 aliphatic rings. The SMILES string of the molecule is CCCCC1=C(C2CC3CCC2C3)CCCC1. The highest BCUT2D eigenvalue weighted by molar-refractivity contribution is 5.23. The van der Waals surface area contributed by atoms with E-state index in [2.05, 4.69) is 6.92 Å². The van der Waals surface area contributed by atoms with Crippen molar-refractivity contribution in [2.24, 2.45) is 17.8 Å². The fraction of sp³-hybridized carbons (Fsp3) is 0.882. The average Bonchev–Trinajstić information content (AvgIpc) is 2.99. The van der Waals surface area contributed by atoms with Crippen LogP contribution in [0.25, 0.3) is 0 Å². The molecule has 2 bridgehead atoms. The molecule has 0 saturated heterocycles. The maximum atomic E-state index is 2.33. The van der Waals surface area contributed by atoms with Crippen molar-refractivity contribution in [3.8, 4) is 0 Å². The summed E-state index contributed by atoms with van der Waals surface area (Å²) in [7, 11) is 0. The van der Waals surface area contributed by atoms with E-state index >= 15 is 0 Å². The molecule has 0 heteroatoms. The van der Waals surface area contributed by atoms with Gasteiger partial charge in [0.15, 0.2) is 0 Å². The monoisotopic (exact) mass is 232 g/mol. The van der Waals surface area contributed by atoms with Crippen LogP contribution < -0.4 is 0 Å². The molecule has 0 N–H and O–H groups in total. The molecule has 3 aliphatic carbocycles. The normalized spacial score (nSPS) is 36.9. The number of rotatable bonds is 4. The highest BCUT2D eigenvalue weighted by Crippen LogP contribution is 2.53. The Bertz CT molecular complexity index is 299. The van der Waals surface area contributed by atoms with Crippen molar-refractivity contribution in [3.63, 3.8) is 0 Å². The summed E-state index contributed by atoms with van der Waals surface area (Å²) in [4.78, 5) is 0. The topological polar surface area (TPSA) is 0 Å². The lowest BCUT2D eigenvalue weighted by Crippen LogP contribution is -2.17. The summed E-state index contributed by atoms with van der Waals surface area (Å²) < 4.78 is 0. The minimum Gasteiger partial charge on any atom is -0.0707 e. The molecule has 0 aromatic heterocycles. The summed E-state index contributed by atoms with van der Waals surface area (Å²) in [6.07, 6.45) is 16.4. The molecule has 0 amide bonds. The van der Waals surface area contributed by atoms with Crippen LogP contribution in [0, 0.1) is 17.8 Å². The van der Waals surface area contributed by atoms with Gasteiger partial charge in [0.2, 0.25) is 0 Å². The third-order valence-electron chi connectivity index (χ3n) is 5.65. The third kappa shape index (κ3) is 2.33. The molecular weight excluding hydrogens is 204 g/mol. The highest BCUT2D eigenvalue weighted by atomic mass is 14.5. The molecule has 3 atom stereocenters. The zero-order chi connectivity index (χ0) is 11.7. The Morgan fingerprint density at radius 1 is 1.06 bits per heavy atom. The van der Waals surface area contributed by atoms with Crippen molar-refractivity contribution in [3.05, 3.63) is 11.1 Å². The second-order valence-corrected chi connectivity index (χ2v) is 6.72. The fourth-order valence-corrected chi connectivity index (χ4v) is 4.79. The maximum absolute atomic E-state index is 2.33. The number of fused-ring (bicyclic) bond motifs is 2. The van der Waals surface area contributed by atoms with E-state index < -0.39 is 0 Å². The van der Waals surface area contributed by atoms with Crippen LogP contribution in [-0.4, -0.2) is 0 Å². The van der Waals surface area contributed by atoms with Crippen LogP contribution in [0.3, 0.4) is 0 Å². The van der Waals surface area contributed by atoms with E-state index in [1.807, 2.05) is 11.1 Å². The van der Waals surface area contributed by atoms with Crippen LogP contribution in [0.4, 0.5) is 0 Å². The Morgan fingerprint density at radius 3 is 2.65 bits per heavy atom. The number of allylic oxidation sites excluding steroid dienone is 2. The summed E-state index contributed by atoms with van der Waals surface area (Å²) in [6, 6.07) is 0. The maximum Gasteiger partial charge on any atom is -0.0169 e. The van der Waals surface area contributed by atoms with E-state index in [4.69, 9.17) is 0 Å². The third-order valence-corrected chi connectivity index (χ3v) is 5.65. The highest BCUT2D eigenvalue weighted by Gasteiger charge is 2.41. The Morgan fingerprint density at radius 2 is 1.94 bits per heavy atom. The Labute approximate surface area is 107 Å². The quantitative estimate of drug-likeness (QED) is 0.563. The van der Waals surface area contributed by atoms with Crippen molar-refractivity contribution in [2.45, 2.75) is 77.6 Å². The standard InChI is InChI=1S/C17H28/c1-2-3-6-14-7-4-5-8-16(14)17-12-13-9-10-15(17)11-13/h13,15,17H,2-12H2,1H3. The van der Waals surface area contributed by atoms with Crippen molar-refractivity contribution >= 4 is 0 Å². The van der Waals surface area contributed by atoms with Crippen LogP contribution >= 0.6 is 0 Å². The van der Waals surface area contributed by atoms with Crippen molar-refractivity contribution in [1.82, 2.24) is 0 Å². The summed E-state index contributed by atoms with van der Waals surface area (Å²) in [5.74, 6) is 3.26. The fourth-order valence-electron chi connectivity index (χ4n) is 4.79. The van der Waals surface area contributed by atoms with Crippen molar-refractivity contribution in [2.75, 3.05) is 0 Å². The smallest absolute Gasteiger partial charge is 0.0169 e. The van der Waals surface area contributed by atoms with Gasteiger partial charge >= 0.3 is 0 Å². The molecule has 3 unspecified atom stereocenters. The Balaban J connectivity index is 1.75. The molecule has 3 rings (SSSR count). The second-order valence-electron chi connectivity index (χ2n) is 6.72. The van der Waals surface area contributed by atoms with Gasteiger partial charge in [0.05, 0.1) is 0 Å². The zero-order valence-corrected chi connectivity index (χ0v) is 11.5. The second kappa shape index (κ2) is 5.16. The molecule has 2 saturated carbocycles. The largest absolute Gasteiger partial charge is 0.0707 e. The first-order valence-electron chi connectivity index (χ1n) is 8.09. The molecule has 17 heavy (non-hydrogen) atoms. The molecule has 0 radical (unpaired) electrons. The number of unbranched alkanes of at least 4 members (excludes halogenated alkanes) is 1. The van der Waals surface area contributed by atoms with Crippen molar-refractivity contribution < 1.29 is 0 Å². The van der Waals surface area contributed by atoms with Gasteiger partial charge in [-0.3, -0.25) is 0 Å². The molecular formula is C17H28. The van der Waals surface area contributed by atoms with E-state index in [1.165, 1.54) is 44.9 Å². The average molecular weight is 232 g/mol. The summed E-state index contributed by atoms with van der Waals surface area (Å²) >= 11 is 0. The van der Waals surface area contributed by atoms with E-state index in [0.717, 1.165) is 17.8 Å². The van der Waals surface area contributed by atoms with Gasteiger partial charge in [-0.15, -0.1) is 0 Å². The molecule has 0 aromatic carbocycles. The van der Waals surface area contributed by atoms with Gasteiger partial charge in [-0.2, -0.15) is 0 Å². The molecule has 0 spiro atoms. The number of hydrogen-bond donors (Lipinski definition) is 0. The molecule has 0 aliphatic heterocycles. The van der Waals surface area contributed by atoms with Crippen LogP contribution in [0.1, 0.15) is 77.6 Å². The zero-order valence-electron chi connectivity index (χ0n) is 11.5. The van der Waals surface area contributed by atoms with Gasteiger partial charge in [-0.05, 0) is 75.5 Å². The predicted molar refractivity (Wildman–Crippen MR) is 74.0 cm³/mol. The van der Waals surface area contributed by atoms with Gasteiger partial charge in [0.25, 0.3) is 0 Å².